The smallest absolute Gasteiger partial charge is 0.326 e. The van der Waals surface area contributed by atoms with Crippen molar-refractivity contribution in [2.75, 3.05) is 12.0 Å². The van der Waals surface area contributed by atoms with E-state index in [-0.39, 0.29) is 12.8 Å². The van der Waals surface area contributed by atoms with Crippen LogP contribution in [0.4, 0.5) is 0 Å². The molecule has 1 rings (SSSR count). The van der Waals surface area contributed by atoms with Gasteiger partial charge < -0.3 is 37.0 Å². The molecule has 0 spiro atoms. The number of thioether (sulfide) groups is 1. The molecule has 0 saturated heterocycles. The molecule has 0 aliphatic heterocycles. The first-order valence-electron chi connectivity index (χ1n) is 10.8. The van der Waals surface area contributed by atoms with Crippen LogP contribution in [0.15, 0.2) is 30.3 Å². The summed E-state index contributed by atoms with van der Waals surface area (Å²) in [6.45, 7) is 0. The molecule has 4 atom stereocenters. The SMILES string of the molecule is CSCCC(NC(=O)C(CC(=O)O)NC(=O)C(CC(=O)O)NC(=O)C(N)Cc1ccccc1)C(=O)O. The lowest BCUT2D eigenvalue weighted by molar-refractivity contribution is -0.145. The molecule has 4 unspecified atom stereocenters. The molecule has 0 radical (unpaired) electrons. The maximum absolute atomic E-state index is 12.8. The van der Waals surface area contributed by atoms with E-state index in [1.165, 1.54) is 11.8 Å². The summed E-state index contributed by atoms with van der Waals surface area (Å²) < 4.78 is 0. The monoisotopic (exact) mass is 526 g/mol. The number of amides is 3. The Labute approximate surface area is 211 Å². The Kier molecular flexibility index (Phi) is 13.0. The second-order valence-electron chi connectivity index (χ2n) is 7.80. The van der Waals surface area contributed by atoms with E-state index in [1.807, 2.05) is 0 Å². The number of hydrogen-bond donors (Lipinski definition) is 7. The van der Waals surface area contributed by atoms with Crippen LogP contribution in [0.2, 0.25) is 0 Å². The first-order chi connectivity index (χ1) is 16.9. The van der Waals surface area contributed by atoms with Crippen molar-refractivity contribution in [3.8, 4) is 0 Å². The normalized spacial score (nSPS) is 13.9. The van der Waals surface area contributed by atoms with Crippen molar-refractivity contribution in [2.24, 2.45) is 5.73 Å². The summed E-state index contributed by atoms with van der Waals surface area (Å²) in [4.78, 5) is 71.8. The van der Waals surface area contributed by atoms with Crippen LogP contribution >= 0.6 is 11.8 Å². The lowest BCUT2D eigenvalue weighted by atomic mass is 10.0. The maximum atomic E-state index is 12.8. The highest BCUT2D eigenvalue weighted by molar-refractivity contribution is 7.98. The second kappa shape index (κ2) is 15.4. The predicted molar refractivity (Wildman–Crippen MR) is 129 cm³/mol. The molecule has 0 heterocycles. The predicted octanol–water partition coefficient (Wildman–Crippen LogP) is -1.20. The van der Waals surface area contributed by atoms with Crippen LogP contribution in [-0.2, 0) is 35.2 Å². The molecule has 0 bridgehead atoms. The molecular weight excluding hydrogens is 496 g/mol. The van der Waals surface area contributed by atoms with Crippen LogP contribution in [0.5, 0.6) is 0 Å². The van der Waals surface area contributed by atoms with E-state index in [1.54, 1.807) is 36.6 Å². The van der Waals surface area contributed by atoms with Gasteiger partial charge in [-0.05, 0) is 30.4 Å². The van der Waals surface area contributed by atoms with Crippen molar-refractivity contribution in [1.29, 1.82) is 0 Å². The van der Waals surface area contributed by atoms with Gasteiger partial charge in [0, 0.05) is 0 Å². The second-order valence-corrected chi connectivity index (χ2v) is 8.78. The van der Waals surface area contributed by atoms with Gasteiger partial charge in [0.2, 0.25) is 17.7 Å². The highest BCUT2D eigenvalue weighted by atomic mass is 32.2. The highest BCUT2D eigenvalue weighted by Crippen LogP contribution is 2.05. The molecular formula is C22H30N4O9S. The number of carboxylic acid groups (broad SMARTS) is 3. The Morgan fingerprint density at radius 3 is 1.72 bits per heavy atom. The fraction of sp³-hybridized carbons (Fsp3) is 0.455. The van der Waals surface area contributed by atoms with E-state index in [9.17, 15) is 33.9 Å². The van der Waals surface area contributed by atoms with Crippen molar-refractivity contribution >= 4 is 47.4 Å². The quantitative estimate of drug-likeness (QED) is 0.135. The van der Waals surface area contributed by atoms with Crippen molar-refractivity contribution in [1.82, 2.24) is 16.0 Å². The number of nitrogens with two attached hydrogens (primary N) is 1. The van der Waals surface area contributed by atoms with E-state index >= 15 is 0 Å². The zero-order valence-corrected chi connectivity index (χ0v) is 20.3. The molecule has 0 fully saturated rings. The zero-order chi connectivity index (χ0) is 27.3. The Balaban J connectivity index is 2.96. The summed E-state index contributed by atoms with van der Waals surface area (Å²) in [5.74, 6) is -6.94. The minimum absolute atomic E-state index is 0.0486. The molecule has 3 amide bonds. The Morgan fingerprint density at radius 1 is 0.806 bits per heavy atom. The fourth-order valence-electron chi connectivity index (χ4n) is 3.04. The molecule has 14 heteroatoms. The lowest BCUT2D eigenvalue weighted by Crippen LogP contribution is -2.58. The zero-order valence-electron chi connectivity index (χ0n) is 19.5. The summed E-state index contributed by atoms with van der Waals surface area (Å²) in [5, 5.41) is 34.1. The molecule has 13 nitrogen and oxygen atoms in total. The fourth-order valence-corrected chi connectivity index (χ4v) is 3.52. The average molecular weight is 527 g/mol. The van der Waals surface area contributed by atoms with Gasteiger partial charge in [-0.15, -0.1) is 0 Å². The Hall–Kier alpha value is -3.65. The van der Waals surface area contributed by atoms with Crippen LogP contribution in [0.25, 0.3) is 0 Å². The third-order valence-corrected chi connectivity index (χ3v) is 5.53. The van der Waals surface area contributed by atoms with Gasteiger partial charge in [-0.2, -0.15) is 11.8 Å². The van der Waals surface area contributed by atoms with Gasteiger partial charge >= 0.3 is 17.9 Å². The number of carbonyl (C=O) groups is 6. The topological polar surface area (TPSA) is 225 Å². The van der Waals surface area contributed by atoms with Crippen LogP contribution in [-0.4, -0.2) is 87.1 Å². The third-order valence-electron chi connectivity index (χ3n) is 4.88. The molecule has 36 heavy (non-hydrogen) atoms. The summed E-state index contributed by atoms with van der Waals surface area (Å²) in [7, 11) is 0. The number of rotatable bonds is 16. The largest absolute Gasteiger partial charge is 0.481 e. The van der Waals surface area contributed by atoms with Gasteiger partial charge in [0.25, 0.3) is 0 Å². The minimum Gasteiger partial charge on any atom is -0.481 e. The molecule has 0 aromatic heterocycles. The van der Waals surface area contributed by atoms with E-state index in [4.69, 9.17) is 15.9 Å². The van der Waals surface area contributed by atoms with Gasteiger partial charge in [-0.25, -0.2) is 4.79 Å². The van der Waals surface area contributed by atoms with Gasteiger partial charge in [0.1, 0.15) is 18.1 Å². The summed E-state index contributed by atoms with van der Waals surface area (Å²) in [5.41, 5.74) is 6.61. The summed E-state index contributed by atoms with van der Waals surface area (Å²) >= 11 is 1.34. The summed E-state index contributed by atoms with van der Waals surface area (Å²) in [6, 6.07) is 2.86. The number of carbonyl (C=O) groups excluding carboxylic acids is 3. The lowest BCUT2D eigenvalue weighted by Gasteiger charge is -2.24. The standard InChI is InChI=1S/C22H30N4O9S/c1-36-8-7-14(22(34)35)24-20(32)16(11-18(29)30)26-21(33)15(10-17(27)28)25-19(31)13(23)9-12-5-3-2-4-6-12/h2-6,13-16H,7-11,23H2,1H3,(H,24,32)(H,25,31)(H,26,33)(H,27,28)(H,29,30)(H,34,35). The van der Waals surface area contributed by atoms with Gasteiger partial charge in [-0.1, -0.05) is 30.3 Å². The van der Waals surface area contributed by atoms with Gasteiger partial charge in [-0.3, -0.25) is 24.0 Å². The van der Waals surface area contributed by atoms with E-state index in [0.717, 1.165) is 5.56 Å². The number of nitrogens with one attached hydrogen (secondary N) is 3. The van der Waals surface area contributed by atoms with Crippen molar-refractivity contribution < 1.29 is 44.1 Å². The van der Waals surface area contributed by atoms with Crippen molar-refractivity contribution in [2.45, 2.75) is 49.9 Å². The molecule has 198 valence electrons. The number of aliphatic carboxylic acids is 3. The summed E-state index contributed by atoms with van der Waals surface area (Å²) in [6.07, 6.45) is 0.102. The Morgan fingerprint density at radius 2 is 1.28 bits per heavy atom. The van der Waals surface area contributed by atoms with Gasteiger partial charge in [0.05, 0.1) is 18.9 Å². The first-order valence-corrected chi connectivity index (χ1v) is 12.2. The van der Waals surface area contributed by atoms with Crippen LogP contribution in [0, 0.1) is 0 Å². The van der Waals surface area contributed by atoms with Crippen molar-refractivity contribution in [3.05, 3.63) is 35.9 Å². The van der Waals surface area contributed by atoms with Crippen LogP contribution in [0.1, 0.15) is 24.8 Å². The number of carboxylic acids is 3. The van der Waals surface area contributed by atoms with Crippen LogP contribution < -0.4 is 21.7 Å². The molecule has 0 aliphatic carbocycles. The molecule has 0 saturated carbocycles. The molecule has 8 N–H and O–H groups in total. The van der Waals surface area contributed by atoms with E-state index < -0.39 is 72.6 Å². The van der Waals surface area contributed by atoms with Gasteiger partial charge in [0.15, 0.2) is 0 Å². The maximum Gasteiger partial charge on any atom is 0.326 e. The first kappa shape index (κ1) is 30.4. The average Bonchev–Trinajstić information content (AvgIpc) is 2.80. The van der Waals surface area contributed by atoms with Crippen molar-refractivity contribution in [3.63, 3.8) is 0 Å². The number of hydrogen-bond acceptors (Lipinski definition) is 8. The van der Waals surface area contributed by atoms with E-state index in [0.29, 0.717) is 5.75 Å². The Bertz CT molecular complexity index is 945. The minimum atomic E-state index is -1.72. The molecule has 0 aliphatic rings. The number of benzene rings is 1. The van der Waals surface area contributed by atoms with E-state index in [2.05, 4.69) is 16.0 Å². The highest BCUT2D eigenvalue weighted by Gasteiger charge is 2.32. The third kappa shape index (κ3) is 11.2. The molecule has 1 aromatic rings. The molecule has 1 aromatic carbocycles. The van der Waals surface area contributed by atoms with Crippen LogP contribution in [0.3, 0.4) is 0 Å².